The Morgan fingerprint density at radius 2 is 1.59 bits per heavy atom. The van der Waals surface area contributed by atoms with Crippen molar-refractivity contribution in [1.82, 2.24) is 10.2 Å². The first-order valence-corrected chi connectivity index (χ1v) is 14.0. The average Bonchev–Trinajstić information content (AvgIpc) is 3.57. The third-order valence-electron chi connectivity index (χ3n) is 7.48. The number of para-hydroxylation sites is 1. The molecule has 0 radical (unpaired) electrons. The fourth-order valence-corrected chi connectivity index (χ4v) is 4.84. The van der Waals surface area contributed by atoms with E-state index in [-0.39, 0.29) is 29.7 Å². The first-order chi connectivity index (χ1) is 18.2. The number of nitrogens with one attached hydrogen (secondary N) is 2. The smallest absolute Gasteiger partial charge is 0.408 e. The van der Waals surface area contributed by atoms with E-state index in [9.17, 15) is 14.4 Å². The summed E-state index contributed by atoms with van der Waals surface area (Å²) in [7, 11) is 0. The van der Waals surface area contributed by atoms with Crippen LogP contribution in [0.3, 0.4) is 0 Å². The monoisotopic (exact) mass is 535 g/mol. The fraction of sp³-hybridized carbons (Fsp3) is 0.531. The lowest BCUT2D eigenvalue weighted by Gasteiger charge is -2.36. The molecule has 0 aliphatic heterocycles. The zero-order chi connectivity index (χ0) is 29.1. The van der Waals surface area contributed by atoms with Gasteiger partial charge in [-0.25, -0.2) is 4.79 Å². The third kappa shape index (κ3) is 7.61. The minimum Gasteiger partial charge on any atom is -0.444 e. The summed E-state index contributed by atoms with van der Waals surface area (Å²) in [6.07, 6.45) is 0.825. The molecular formula is C32H45N3O4. The summed E-state index contributed by atoms with van der Waals surface area (Å²) in [6.45, 7) is 17.3. The van der Waals surface area contributed by atoms with Crippen LogP contribution in [0.15, 0.2) is 42.5 Å². The Hall–Kier alpha value is -3.35. The summed E-state index contributed by atoms with van der Waals surface area (Å²) >= 11 is 0. The molecule has 7 heteroatoms. The van der Waals surface area contributed by atoms with Gasteiger partial charge in [0.05, 0.1) is 0 Å². The Morgan fingerprint density at radius 1 is 1.03 bits per heavy atom. The molecule has 1 aliphatic carbocycles. The van der Waals surface area contributed by atoms with Gasteiger partial charge in [-0.3, -0.25) is 9.59 Å². The molecule has 0 heterocycles. The van der Waals surface area contributed by atoms with Crippen molar-refractivity contribution in [2.45, 2.75) is 98.9 Å². The first kappa shape index (κ1) is 30.2. The number of alkyl carbamates (subject to hydrolysis) is 1. The highest BCUT2D eigenvalue weighted by Crippen LogP contribution is 2.41. The zero-order valence-corrected chi connectivity index (χ0v) is 24.9. The SMILES string of the molecule is CCC(C)C(NC(=O)OC(C)(C)C)C(=O)N(C(C(=O)Nc1c(C)cccc1C)c1ccc(C)cc1)C1CC1C. The Balaban J connectivity index is 2.06. The quantitative estimate of drug-likeness (QED) is 0.385. The predicted molar refractivity (Wildman–Crippen MR) is 155 cm³/mol. The minimum absolute atomic E-state index is 0.112. The standard InChI is InChI=1S/C32H45N3O4/c1-10-20(3)27(34-31(38)39-32(7,8)9)30(37)35(25-18-23(25)6)28(24-16-14-19(2)15-17-24)29(36)33-26-21(4)12-11-13-22(26)5/h11-17,20,23,25,27-28H,10,18H2,1-9H3,(H,33,36)(H,34,38). The van der Waals surface area contributed by atoms with Gasteiger partial charge >= 0.3 is 6.09 Å². The largest absolute Gasteiger partial charge is 0.444 e. The number of benzene rings is 2. The molecule has 5 atom stereocenters. The molecule has 3 rings (SSSR count). The normalized spacial score (nSPS) is 18.9. The van der Waals surface area contributed by atoms with E-state index in [1.165, 1.54) is 0 Å². The lowest BCUT2D eigenvalue weighted by molar-refractivity contribution is -0.142. The van der Waals surface area contributed by atoms with Crippen molar-refractivity contribution in [1.29, 1.82) is 0 Å². The van der Waals surface area contributed by atoms with E-state index in [0.717, 1.165) is 34.4 Å². The van der Waals surface area contributed by atoms with Crippen LogP contribution in [0.1, 0.15) is 82.7 Å². The number of carbonyl (C=O) groups is 3. The van der Waals surface area contributed by atoms with Gasteiger partial charge in [0.2, 0.25) is 5.91 Å². The van der Waals surface area contributed by atoms with Crippen molar-refractivity contribution in [3.8, 4) is 0 Å². The molecule has 1 saturated carbocycles. The van der Waals surface area contributed by atoms with E-state index in [4.69, 9.17) is 4.74 Å². The van der Waals surface area contributed by atoms with Gasteiger partial charge in [-0.05, 0) is 76.5 Å². The van der Waals surface area contributed by atoms with Gasteiger partial charge in [-0.2, -0.15) is 0 Å². The van der Waals surface area contributed by atoms with Crippen molar-refractivity contribution in [2.24, 2.45) is 11.8 Å². The number of rotatable bonds is 9. The number of anilines is 1. The van der Waals surface area contributed by atoms with E-state index in [1.807, 2.05) is 77.1 Å². The van der Waals surface area contributed by atoms with Crippen LogP contribution in [0.5, 0.6) is 0 Å². The van der Waals surface area contributed by atoms with Crippen molar-refractivity contribution < 1.29 is 19.1 Å². The molecule has 0 saturated heterocycles. The highest BCUT2D eigenvalue weighted by molar-refractivity contribution is 6.00. The van der Waals surface area contributed by atoms with Gasteiger partial charge < -0.3 is 20.3 Å². The minimum atomic E-state index is -0.862. The predicted octanol–water partition coefficient (Wildman–Crippen LogP) is 6.47. The second kappa shape index (κ2) is 12.2. The van der Waals surface area contributed by atoms with Crippen molar-refractivity contribution in [3.63, 3.8) is 0 Å². The third-order valence-corrected chi connectivity index (χ3v) is 7.48. The molecule has 2 N–H and O–H groups in total. The van der Waals surface area contributed by atoms with Crippen LogP contribution in [-0.2, 0) is 14.3 Å². The van der Waals surface area contributed by atoms with Gasteiger partial charge in [0.1, 0.15) is 17.7 Å². The summed E-state index contributed by atoms with van der Waals surface area (Å²) in [5.74, 6) is -0.466. The van der Waals surface area contributed by atoms with Crippen LogP contribution in [-0.4, -0.2) is 40.5 Å². The second-order valence-electron chi connectivity index (χ2n) is 12.1. The summed E-state index contributed by atoms with van der Waals surface area (Å²) < 4.78 is 5.50. The van der Waals surface area contributed by atoms with Crippen LogP contribution in [0, 0.1) is 32.6 Å². The maximum atomic E-state index is 14.4. The number of hydrogen-bond acceptors (Lipinski definition) is 4. The Kier molecular flexibility index (Phi) is 9.47. The molecule has 0 bridgehead atoms. The van der Waals surface area contributed by atoms with Crippen molar-refractivity contribution >= 4 is 23.6 Å². The van der Waals surface area contributed by atoms with Crippen LogP contribution in [0.4, 0.5) is 10.5 Å². The molecule has 5 unspecified atom stereocenters. The molecule has 2 aromatic rings. The fourth-order valence-electron chi connectivity index (χ4n) is 4.84. The lowest BCUT2D eigenvalue weighted by atomic mass is 9.95. The lowest BCUT2D eigenvalue weighted by Crippen LogP contribution is -2.55. The van der Waals surface area contributed by atoms with Crippen molar-refractivity contribution in [3.05, 3.63) is 64.7 Å². The van der Waals surface area contributed by atoms with Gasteiger partial charge in [0, 0.05) is 11.7 Å². The molecule has 39 heavy (non-hydrogen) atoms. The van der Waals surface area contributed by atoms with E-state index in [1.54, 1.807) is 25.7 Å². The molecule has 7 nitrogen and oxygen atoms in total. The van der Waals surface area contributed by atoms with Crippen LogP contribution >= 0.6 is 0 Å². The van der Waals surface area contributed by atoms with E-state index >= 15 is 0 Å². The van der Waals surface area contributed by atoms with E-state index in [0.29, 0.717) is 6.42 Å². The van der Waals surface area contributed by atoms with Crippen LogP contribution < -0.4 is 10.6 Å². The first-order valence-electron chi connectivity index (χ1n) is 14.0. The molecule has 0 aromatic heterocycles. The van der Waals surface area contributed by atoms with Crippen LogP contribution in [0.25, 0.3) is 0 Å². The summed E-state index contributed by atoms with van der Waals surface area (Å²) in [5.41, 5.74) is 3.75. The highest BCUT2D eigenvalue weighted by Gasteiger charge is 2.49. The highest BCUT2D eigenvalue weighted by atomic mass is 16.6. The average molecular weight is 536 g/mol. The van der Waals surface area contributed by atoms with Gasteiger partial charge in [-0.15, -0.1) is 0 Å². The Labute approximate surface area is 233 Å². The molecular weight excluding hydrogens is 490 g/mol. The molecule has 1 fully saturated rings. The van der Waals surface area contributed by atoms with Gasteiger partial charge in [0.25, 0.3) is 5.91 Å². The molecule has 212 valence electrons. The summed E-state index contributed by atoms with van der Waals surface area (Å²) in [4.78, 5) is 43.1. The second-order valence-corrected chi connectivity index (χ2v) is 12.1. The van der Waals surface area contributed by atoms with Gasteiger partial charge in [-0.1, -0.05) is 75.2 Å². The topological polar surface area (TPSA) is 87.7 Å². The summed E-state index contributed by atoms with van der Waals surface area (Å²) in [6, 6.07) is 11.8. The number of amides is 3. The maximum absolute atomic E-state index is 14.4. The number of aryl methyl sites for hydroxylation is 3. The van der Waals surface area contributed by atoms with Crippen LogP contribution in [0.2, 0.25) is 0 Å². The number of nitrogens with zero attached hydrogens (tertiary/aromatic N) is 1. The molecule has 1 aliphatic rings. The number of hydrogen-bond donors (Lipinski definition) is 2. The maximum Gasteiger partial charge on any atom is 0.408 e. The van der Waals surface area contributed by atoms with E-state index < -0.39 is 23.8 Å². The number of ether oxygens (including phenoxy) is 1. The molecule has 0 spiro atoms. The molecule has 3 amide bonds. The van der Waals surface area contributed by atoms with Gasteiger partial charge in [0.15, 0.2) is 0 Å². The molecule has 2 aromatic carbocycles. The zero-order valence-electron chi connectivity index (χ0n) is 24.9. The van der Waals surface area contributed by atoms with Crippen molar-refractivity contribution in [2.75, 3.05) is 5.32 Å². The Morgan fingerprint density at radius 3 is 2.08 bits per heavy atom. The Bertz CT molecular complexity index is 1160. The number of carbonyl (C=O) groups excluding carboxylic acids is 3. The van der Waals surface area contributed by atoms with E-state index in [2.05, 4.69) is 17.6 Å². The summed E-state index contributed by atoms with van der Waals surface area (Å²) in [5, 5.41) is 5.97.